The molecule has 1 aliphatic rings. The minimum atomic E-state index is -3.62. The van der Waals surface area contributed by atoms with Gasteiger partial charge < -0.3 is 0 Å². The summed E-state index contributed by atoms with van der Waals surface area (Å²) < 4.78 is 27.8. The monoisotopic (exact) mass is 342 g/mol. The molecule has 1 unspecified atom stereocenters. The second-order valence-corrected chi connectivity index (χ2v) is 7.01. The van der Waals surface area contributed by atoms with Crippen LogP contribution < -0.4 is 4.72 Å². The van der Waals surface area contributed by atoms with E-state index < -0.39 is 10.0 Å². The Labute approximate surface area is 113 Å². The van der Waals surface area contributed by atoms with Crippen LogP contribution >= 0.6 is 27.5 Å². The first-order valence-electron chi connectivity index (χ1n) is 5.10. The molecule has 1 aromatic rings. The second kappa shape index (κ2) is 4.83. The zero-order valence-electron chi connectivity index (χ0n) is 9.10. The summed E-state index contributed by atoms with van der Waals surface area (Å²) in [6.45, 7) is 0.228. The Morgan fingerprint density at radius 2 is 2.29 bits per heavy atom. The number of sulfonamides is 1. The Hall–Kier alpha value is -0.180. The van der Waals surface area contributed by atoms with Crippen LogP contribution in [0.4, 0.5) is 0 Å². The number of nitrogens with zero attached hydrogens (tertiary/aromatic N) is 3. The van der Waals surface area contributed by atoms with Crippen LogP contribution in [0.15, 0.2) is 9.63 Å². The van der Waals surface area contributed by atoms with Crippen molar-refractivity contribution >= 4 is 37.6 Å². The van der Waals surface area contributed by atoms with Gasteiger partial charge in [-0.05, 0) is 34.7 Å². The highest BCUT2D eigenvalue weighted by Gasteiger charge is 2.31. The standard InChI is InChI=1S/C8H12BrClN4O2S/c1-14-8(7(9)12-13-14)17(15,16)11-4-6(10)5-2-3-5/h5-6,11H,2-4H2,1H3. The zero-order valence-corrected chi connectivity index (χ0v) is 12.3. The van der Waals surface area contributed by atoms with Crippen LogP contribution in [-0.4, -0.2) is 35.3 Å². The van der Waals surface area contributed by atoms with Crippen molar-refractivity contribution in [3.8, 4) is 0 Å². The highest BCUT2D eigenvalue weighted by molar-refractivity contribution is 9.10. The van der Waals surface area contributed by atoms with Crippen molar-refractivity contribution in [2.45, 2.75) is 23.2 Å². The van der Waals surface area contributed by atoms with Gasteiger partial charge in [0, 0.05) is 19.0 Å². The normalized spacial score (nSPS) is 18.3. The van der Waals surface area contributed by atoms with E-state index in [1.807, 2.05) is 0 Å². The van der Waals surface area contributed by atoms with E-state index in [-0.39, 0.29) is 21.6 Å². The molecule has 0 radical (unpaired) electrons. The number of aromatic nitrogens is 3. The molecule has 1 aliphatic carbocycles. The highest BCUT2D eigenvalue weighted by atomic mass is 79.9. The SMILES string of the molecule is Cn1nnc(Br)c1S(=O)(=O)NCC(Cl)C1CC1. The van der Waals surface area contributed by atoms with Crippen LogP contribution in [0.25, 0.3) is 0 Å². The zero-order chi connectivity index (χ0) is 12.6. The molecule has 1 aromatic heterocycles. The van der Waals surface area contributed by atoms with E-state index in [4.69, 9.17) is 11.6 Å². The molecule has 1 saturated carbocycles. The van der Waals surface area contributed by atoms with Gasteiger partial charge in [0.1, 0.15) is 0 Å². The number of aryl methyl sites for hydroxylation is 1. The molecule has 0 bridgehead atoms. The Bertz CT molecular complexity index is 494. The number of hydrogen-bond donors (Lipinski definition) is 1. The van der Waals surface area contributed by atoms with Crippen LogP contribution in [0.1, 0.15) is 12.8 Å². The van der Waals surface area contributed by atoms with Crippen LogP contribution in [0.3, 0.4) is 0 Å². The summed E-state index contributed by atoms with van der Waals surface area (Å²) >= 11 is 9.10. The molecule has 6 nitrogen and oxygen atoms in total. The van der Waals surface area contributed by atoms with Gasteiger partial charge in [0.05, 0.1) is 0 Å². The molecule has 0 aliphatic heterocycles. The highest BCUT2D eigenvalue weighted by Crippen LogP contribution is 2.35. The molecule has 1 heterocycles. The first-order chi connectivity index (χ1) is 7.92. The van der Waals surface area contributed by atoms with E-state index in [0.717, 1.165) is 12.8 Å². The van der Waals surface area contributed by atoms with Crippen LogP contribution in [0, 0.1) is 5.92 Å². The molecule has 0 aromatic carbocycles. The van der Waals surface area contributed by atoms with E-state index in [1.165, 1.54) is 11.7 Å². The predicted octanol–water partition coefficient (Wildman–Crippen LogP) is 0.873. The molecule has 0 amide bonds. The van der Waals surface area contributed by atoms with Crippen molar-refractivity contribution in [2.24, 2.45) is 13.0 Å². The molecule has 96 valence electrons. The molecule has 0 saturated heterocycles. The number of halogens is 2. The lowest BCUT2D eigenvalue weighted by Crippen LogP contribution is -2.32. The Morgan fingerprint density at radius 3 is 2.76 bits per heavy atom. The fourth-order valence-corrected chi connectivity index (χ4v) is 4.06. The van der Waals surface area contributed by atoms with E-state index in [2.05, 4.69) is 31.0 Å². The number of alkyl halides is 1. The maximum atomic E-state index is 12.0. The lowest BCUT2D eigenvalue weighted by atomic mass is 10.3. The third kappa shape index (κ3) is 2.98. The smallest absolute Gasteiger partial charge is 0.235 e. The van der Waals surface area contributed by atoms with Crippen molar-refractivity contribution in [3.63, 3.8) is 0 Å². The fraction of sp³-hybridized carbons (Fsp3) is 0.750. The van der Waals surface area contributed by atoms with Gasteiger partial charge in [0.2, 0.25) is 5.03 Å². The molecule has 1 atom stereocenters. The van der Waals surface area contributed by atoms with E-state index >= 15 is 0 Å². The van der Waals surface area contributed by atoms with Crippen LogP contribution in [0.5, 0.6) is 0 Å². The summed E-state index contributed by atoms with van der Waals surface area (Å²) in [6.07, 6.45) is 2.15. The Balaban J connectivity index is 2.08. The predicted molar refractivity (Wildman–Crippen MR) is 66.3 cm³/mol. The van der Waals surface area contributed by atoms with Crippen molar-refractivity contribution in [1.29, 1.82) is 0 Å². The van der Waals surface area contributed by atoms with Crippen molar-refractivity contribution in [1.82, 2.24) is 19.7 Å². The van der Waals surface area contributed by atoms with Gasteiger partial charge >= 0.3 is 0 Å². The summed E-state index contributed by atoms with van der Waals surface area (Å²) in [5.74, 6) is 0.437. The van der Waals surface area contributed by atoms with Gasteiger partial charge in [-0.2, -0.15) is 0 Å². The largest absolute Gasteiger partial charge is 0.260 e. The Kier molecular flexibility index (Phi) is 3.77. The molecule has 0 spiro atoms. The lowest BCUT2D eigenvalue weighted by Gasteiger charge is -2.10. The molecular weight excluding hydrogens is 332 g/mol. The van der Waals surface area contributed by atoms with Gasteiger partial charge in [0.25, 0.3) is 10.0 Å². The Morgan fingerprint density at radius 1 is 1.65 bits per heavy atom. The minimum absolute atomic E-state index is 0.0113. The van der Waals surface area contributed by atoms with Gasteiger partial charge in [0.15, 0.2) is 4.60 Å². The first kappa shape index (κ1) is 13.3. The topological polar surface area (TPSA) is 76.9 Å². The van der Waals surface area contributed by atoms with Crippen molar-refractivity contribution in [3.05, 3.63) is 4.60 Å². The maximum absolute atomic E-state index is 12.0. The number of rotatable bonds is 5. The summed E-state index contributed by atoms with van der Waals surface area (Å²) in [4.78, 5) is 0. The average Bonchev–Trinajstić information content (AvgIpc) is 3.02. The summed E-state index contributed by atoms with van der Waals surface area (Å²) in [7, 11) is -2.10. The first-order valence-corrected chi connectivity index (χ1v) is 7.82. The number of hydrogen-bond acceptors (Lipinski definition) is 4. The van der Waals surface area contributed by atoms with Crippen LogP contribution in [0.2, 0.25) is 0 Å². The average molecular weight is 344 g/mol. The van der Waals surface area contributed by atoms with Crippen molar-refractivity contribution < 1.29 is 8.42 Å². The van der Waals surface area contributed by atoms with E-state index in [9.17, 15) is 8.42 Å². The van der Waals surface area contributed by atoms with Gasteiger partial charge in [-0.15, -0.1) is 16.7 Å². The van der Waals surface area contributed by atoms with E-state index in [0.29, 0.717) is 5.92 Å². The third-order valence-electron chi connectivity index (χ3n) is 2.59. The summed E-state index contributed by atoms with van der Waals surface area (Å²) in [5, 5.41) is 7.12. The fourth-order valence-electron chi connectivity index (χ4n) is 1.49. The molecule has 2 rings (SSSR count). The van der Waals surface area contributed by atoms with Crippen LogP contribution in [-0.2, 0) is 17.1 Å². The minimum Gasteiger partial charge on any atom is -0.235 e. The quantitative estimate of drug-likeness (QED) is 0.805. The van der Waals surface area contributed by atoms with E-state index in [1.54, 1.807) is 0 Å². The van der Waals surface area contributed by atoms with Gasteiger partial charge in [-0.3, -0.25) is 0 Å². The molecular formula is C8H12BrClN4O2S. The van der Waals surface area contributed by atoms with Crippen molar-refractivity contribution in [2.75, 3.05) is 6.54 Å². The molecule has 1 fully saturated rings. The summed E-state index contributed by atoms with van der Waals surface area (Å²) in [6, 6.07) is 0. The number of nitrogens with one attached hydrogen (secondary N) is 1. The molecule has 17 heavy (non-hydrogen) atoms. The third-order valence-corrected chi connectivity index (χ3v) is 5.41. The lowest BCUT2D eigenvalue weighted by molar-refractivity contribution is 0.556. The molecule has 1 N–H and O–H groups in total. The second-order valence-electron chi connectivity index (χ2n) is 4.01. The maximum Gasteiger partial charge on any atom is 0.260 e. The molecule has 9 heteroatoms. The summed E-state index contributed by atoms with van der Waals surface area (Å²) in [5.41, 5.74) is 0. The van der Waals surface area contributed by atoms with Gasteiger partial charge in [-0.1, -0.05) is 5.21 Å². The van der Waals surface area contributed by atoms with Gasteiger partial charge in [-0.25, -0.2) is 17.8 Å².